The third kappa shape index (κ3) is 3.76. The summed E-state index contributed by atoms with van der Waals surface area (Å²) < 4.78 is 4.69. The monoisotopic (exact) mass is 236 g/mol. The zero-order valence-corrected chi connectivity index (χ0v) is 9.88. The van der Waals surface area contributed by atoms with Crippen molar-refractivity contribution in [3.63, 3.8) is 0 Å². The molecule has 92 valence electrons. The van der Waals surface area contributed by atoms with Crippen LogP contribution in [0.1, 0.15) is 12.5 Å². The molecule has 0 amide bonds. The summed E-state index contributed by atoms with van der Waals surface area (Å²) >= 11 is 0. The first-order valence-electron chi connectivity index (χ1n) is 5.17. The zero-order chi connectivity index (χ0) is 12.8. The van der Waals surface area contributed by atoms with Gasteiger partial charge in [-0.3, -0.25) is 0 Å². The summed E-state index contributed by atoms with van der Waals surface area (Å²) in [6.07, 6.45) is 0. The first-order chi connectivity index (χ1) is 8.04. The number of benzene rings is 1. The van der Waals surface area contributed by atoms with E-state index >= 15 is 0 Å². The number of aryl methyl sites for hydroxylation is 1. The van der Waals surface area contributed by atoms with Gasteiger partial charge in [0.2, 0.25) is 5.84 Å². The lowest BCUT2D eigenvalue weighted by Gasteiger charge is -2.13. The summed E-state index contributed by atoms with van der Waals surface area (Å²) in [5, 5.41) is 4.78. The Morgan fingerprint density at radius 1 is 1.53 bits per heavy atom. The topological polar surface area (TPSA) is 93.9 Å². The Kier molecular flexibility index (Phi) is 4.47. The molecule has 6 nitrogen and oxygen atoms in total. The minimum absolute atomic E-state index is 0.240. The maximum absolute atomic E-state index is 11.2. The SMILES string of the molecule is CCOC(=O)/C(N)=N/N(N)c1cccc(C)c1. The summed E-state index contributed by atoms with van der Waals surface area (Å²) in [7, 11) is 0. The number of hydrogen-bond acceptors (Lipinski definition) is 5. The highest BCUT2D eigenvalue weighted by molar-refractivity contribution is 6.34. The molecule has 0 aliphatic carbocycles. The molecule has 0 saturated carbocycles. The Hall–Kier alpha value is -2.08. The van der Waals surface area contributed by atoms with Gasteiger partial charge in [-0.1, -0.05) is 12.1 Å². The number of rotatable bonds is 3. The second kappa shape index (κ2) is 5.86. The van der Waals surface area contributed by atoms with Crippen molar-refractivity contribution in [3.05, 3.63) is 29.8 Å². The second-order valence-corrected chi connectivity index (χ2v) is 3.39. The van der Waals surface area contributed by atoms with Gasteiger partial charge in [-0.25, -0.2) is 10.6 Å². The van der Waals surface area contributed by atoms with Crippen molar-refractivity contribution in [1.29, 1.82) is 0 Å². The Morgan fingerprint density at radius 3 is 2.82 bits per heavy atom. The van der Waals surface area contributed by atoms with Crippen LogP contribution in [-0.4, -0.2) is 18.4 Å². The van der Waals surface area contributed by atoms with Crippen LogP contribution in [-0.2, 0) is 9.53 Å². The Morgan fingerprint density at radius 2 is 2.24 bits per heavy atom. The number of amidine groups is 1. The number of nitrogens with zero attached hydrogens (tertiary/aromatic N) is 2. The highest BCUT2D eigenvalue weighted by Gasteiger charge is 2.09. The van der Waals surface area contributed by atoms with E-state index in [-0.39, 0.29) is 12.4 Å². The lowest BCUT2D eigenvalue weighted by molar-refractivity contribution is -0.135. The van der Waals surface area contributed by atoms with Crippen LogP contribution >= 0.6 is 0 Å². The van der Waals surface area contributed by atoms with Crippen LogP contribution in [0.25, 0.3) is 0 Å². The highest BCUT2D eigenvalue weighted by Crippen LogP contribution is 2.12. The van der Waals surface area contributed by atoms with Gasteiger partial charge in [0, 0.05) is 0 Å². The van der Waals surface area contributed by atoms with Crippen LogP contribution in [0, 0.1) is 6.92 Å². The normalized spacial score (nSPS) is 11.1. The predicted octanol–water partition coefficient (Wildman–Crippen LogP) is 0.510. The number of ether oxygens (including phenoxy) is 1. The van der Waals surface area contributed by atoms with Crippen LogP contribution in [0.5, 0.6) is 0 Å². The van der Waals surface area contributed by atoms with Crippen molar-refractivity contribution in [1.82, 2.24) is 0 Å². The molecule has 0 spiro atoms. The van der Waals surface area contributed by atoms with E-state index in [1.807, 2.05) is 25.1 Å². The molecule has 1 aromatic rings. The molecular formula is C11H16N4O2. The van der Waals surface area contributed by atoms with Crippen molar-refractivity contribution < 1.29 is 9.53 Å². The van der Waals surface area contributed by atoms with Crippen LogP contribution in [0.3, 0.4) is 0 Å². The summed E-state index contributed by atoms with van der Waals surface area (Å²) in [6, 6.07) is 7.34. The van der Waals surface area contributed by atoms with Gasteiger partial charge in [0.05, 0.1) is 12.3 Å². The quantitative estimate of drug-likeness (QED) is 0.262. The number of nitrogens with two attached hydrogens (primary N) is 2. The van der Waals surface area contributed by atoms with E-state index in [0.29, 0.717) is 5.69 Å². The van der Waals surface area contributed by atoms with Crippen molar-refractivity contribution in [2.24, 2.45) is 16.7 Å². The summed E-state index contributed by atoms with van der Waals surface area (Å²) in [6.45, 7) is 3.85. The van der Waals surface area contributed by atoms with Gasteiger partial charge in [0.15, 0.2) is 0 Å². The molecule has 0 aliphatic heterocycles. The van der Waals surface area contributed by atoms with Crippen LogP contribution in [0.4, 0.5) is 5.69 Å². The fourth-order valence-corrected chi connectivity index (χ4v) is 1.19. The first-order valence-corrected chi connectivity index (χ1v) is 5.17. The standard InChI is InChI=1S/C11H16N4O2/c1-3-17-11(16)10(12)14-15(13)9-6-4-5-8(2)7-9/h4-7H,3,13H2,1-2H3,(H2,12,14). The molecule has 0 bridgehead atoms. The van der Waals surface area contributed by atoms with Crippen molar-refractivity contribution in [3.8, 4) is 0 Å². The minimum atomic E-state index is -0.685. The molecule has 0 aromatic heterocycles. The van der Waals surface area contributed by atoms with Crippen LogP contribution in [0.15, 0.2) is 29.4 Å². The van der Waals surface area contributed by atoms with Crippen LogP contribution in [0.2, 0.25) is 0 Å². The molecule has 4 N–H and O–H groups in total. The fraction of sp³-hybridized carbons (Fsp3) is 0.273. The molecule has 1 aromatic carbocycles. The van der Waals surface area contributed by atoms with Crippen molar-refractivity contribution in [2.75, 3.05) is 11.7 Å². The molecule has 17 heavy (non-hydrogen) atoms. The smallest absolute Gasteiger partial charge is 0.375 e. The lowest BCUT2D eigenvalue weighted by Crippen LogP contribution is -2.33. The summed E-state index contributed by atoms with van der Waals surface area (Å²) in [4.78, 5) is 11.2. The van der Waals surface area contributed by atoms with Gasteiger partial charge >= 0.3 is 5.97 Å². The number of anilines is 1. The largest absolute Gasteiger partial charge is 0.460 e. The minimum Gasteiger partial charge on any atom is -0.460 e. The van der Waals surface area contributed by atoms with Crippen molar-refractivity contribution >= 4 is 17.5 Å². The number of carbonyl (C=O) groups is 1. The average molecular weight is 236 g/mol. The van der Waals surface area contributed by atoms with Gasteiger partial charge < -0.3 is 10.5 Å². The Balaban J connectivity index is 2.80. The van der Waals surface area contributed by atoms with E-state index in [4.69, 9.17) is 11.6 Å². The van der Waals surface area contributed by atoms with Crippen molar-refractivity contribution in [2.45, 2.75) is 13.8 Å². The summed E-state index contributed by atoms with van der Waals surface area (Å²) in [5.41, 5.74) is 7.10. The molecule has 0 atom stereocenters. The van der Waals surface area contributed by atoms with E-state index in [0.717, 1.165) is 10.7 Å². The first kappa shape index (κ1) is 13.0. The highest BCUT2D eigenvalue weighted by atomic mass is 16.5. The van der Waals surface area contributed by atoms with E-state index in [2.05, 4.69) is 9.84 Å². The number of esters is 1. The number of hydrogen-bond donors (Lipinski definition) is 2. The molecule has 0 heterocycles. The second-order valence-electron chi connectivity index (χ2n) is 3.39. The molecule has 1 rings (SSSR count). The fourth-order valence-electron chi connectivity index (χ4n) is 1.19. The molecular weight excluding hydrogens is 220 g/mol. The van der Waals surface area contributed by atoms with E-state index < -0.39 is 5.97 Å². The Labute approximate surface area is 99.8 Å². The number of hydrazine groups is 1. The third-order valence-electron chi connectivity index (χ3n) is 1.97. The summed E-state index contributed by atoms with van der Waals surface area (Å²) in [5.74, 6) is 4.69. The lowest BCUT2D eigenvalue weighted by atomic mass is 10.2. The average Bonchev–Trinajstić information content (AvgIpc) is 2.29. The molecule has 6 heteroatoms. The van der Waals surface area contributed by atoms with Gasteiger partial charge in [-0.2, -0.15) is 5.12 Å². The zero-order valence-electron chi connectivity index (χ0n) is 9.88. The Bertz CT molecular complexity index is 431. The molecule has 0 aliphatic rings. The molecule has 0 radical (unpaired) electrons. The van der Waals surface area contributed by atoms with E-state index in [9.17, 15) is 4.79 Å². The maximum atomic E-state index is 11.2. The van der Waals surface area contributed by atoms with Gasteiger partial charge in [0.1, 0.15) is 0 Å². The predicted molar refractivity (Wildman–Crippen MR) is 66.1 cm³/mol. The van der Waals surface area contributed by atoms with E-state index in [1.54, 1.807) is 13.0 Å². The molecule has 0 saturated heterocycles. The van der Waals surface area contributed by atoms with Gasteiger partial charge in [-0.05, 0) is 31.5 Å². The third-order valence-corrected chi connectivity index (χ3v) is 1.97. The van der Waals surface area contributed by atoms with E-state index in [1.165, 1.54) is 0 Å². The number of hydrazone groups is 1. The number of carbonyl (C=O) groups excluding carboxylic acids is 1. The maximum Gasteiger partial charge on any atom is 0.375 e. The van der Waals surface area contributed by atoms with Gasteiger partial charge in [-0.15, -0.1) is 5.10 Å². The molecule has 0 fully saturated rings. The molecule has 0 unspecified atom stereocenters. The van der Waals surface area contributed by atoms with Crippen LogP contribution < -0.4 is 16.7 Å². The van der Waals surface area contributed by atoms with Gasteiger partial charge in [0.25, 0.3) is 0 Å².